The van der Waals surface area contributed by atoms with Gasteiger partial charge in [-0.1, -0.05) is 25.8 Å². The van der Waals surface area contributed by atoms with Gasteiger partial charge in [0, 0.05) is 5.56 Å². The van der Waals surface area contributed by atoms with Crippen LogP contribution in [0.3, 0.4) is 0 Å². The first-order chi connectivity index (χ1) is 14.5. The van der Waals surface area contributed by atoms with Crippen molar-refractivity contribution in [1.29, 1.82) is 5.26 Å². The van der Waals surface area contributed by atoms with Crippen LogP contribution in [0.5, 0.6) is 0 Å². The van der Waals surface area contributed by atoms with E-state index in [1.54, 1.807) is 6.07 Å². The van der Waals surface area contributed by atoms with Crippen molar-refractivity contribution in [2.45, 2.75) is 76.5 Å². The van der Waals surface area contributed by atoms with E-state index in [4.69, 9.17) is 5.26 Å². The summed E-state index contributed by atoms with van der Waals surface area (Å²) in [4.78, 5) is 0. The summed E-state index contributed by atoms with van der Waals surface area (Å²) in [6.45, 7) is 2.20. The van der Waals surface area contributed by atoms with Gasteiger partial charge >= 0.3 is 0 Å². The van der Waals surface area contributed by atoms with Crippen LogP contribution in [-0.2, 0) is 12.8 Å². The summed E-state index contributed by atoms with van der Waals surface area (Å²) in [5.74, 6) is -0.736. The van der Waals surface area contributed by atoms with Gasteiger partial charge < -0.3 is 0 Å². The van der Waals surface area contributed by atoms with Crippen molar-refractivity contribution in [3.8, 4) is 6.07 Å². The van der Waals surface area contributed by atoms with Crippen LogP contribution in [0.25, 0.3) is 0 Å². The summed E-state index contributed by atoms with van der Waals surface area (Å²) in [5, 5.41) is 9.01. The van der Waals surface area contributed by atoms with Crippen LogP contribution in [0.2, 0.25) is 0 Å². The minimum atomic E-state index is -0.483. The van der Waals surface area contributed by atoms with E-state index in [-0.39, 0.29) is 23.0 Å². The molecule has 30 heavy (non-hydrogen) atoms. The lowest BCUT2D eigenvalue weighted by molar-refractivity contribution is 0.307. The standard InChI is InChI=1S/C26H28F3N/c1-2-3-16-4-6-17(7-5-16)21-13-23(27)25(24(28)14-21)19-10-11-22-18(12-19)8-9-20(15-30)26(22)29/h8-9,13-14,16-17,19H,2-7,10-12H2,1H3. The number of nitrogens with zero attached hydrogens (tertiary/aromatic N) is 1. The molecule has 4 heteroatoms. The lowest BCUT2D eigenvalue weighted by atomic mass is 9.76. The Kier molecular flexibility index (Phi) is 6.18. The smallest absolute Gasteiger partial charge is 0.144 e. The maximum atomic E-state index is 15.1. The normalized spacial score (nSPS) is 23.6. The van der Waals surface area contributed by atoms with Gasteiger partial charge in [0.15, 0.2) is 0 Å². The first-order valence-corrected chi connectivity index (χ1v) is 11.2. The van der Waals surface area contributed by atoms with E-state index >= 15 is 8.78 Å². The number of benzene rings is 2. The largest absolute Gasteiger partial charge is 0.207 e. The molecule has 2 aliphatic rings. The average Bonchev–Trinajstić information content (AvgIpc) is 2.74. The molecule has 0 bridgehead atoms. The van der Waals surface area contributed by atoms with Crippen LogP contribution < -0.4 is 0 Å². The molecule has 158 valence electrons. The molecule has 0 heterocycles. The topological polar surface area (TPSA) is 23.8 Å². The van der Waals surface area contributed by atoms with E-state index in [0.717, 1.165) is 42.7 Å². The Morgan fingerprint density at radius 3 is 2.30 bits per heavy atom. The third-order valence-electron chi connectivity index (χ3n) is 7.19. The maximum Gasteiger partial charge on any atom is 0.144 e. The number of hydrogen-bond donors (Lipinski definition) is 0. The first-order valence-electron chi connectivity index (χ1n) is 11.2. The van der Waals surface area contributed by atoms with Gasteiger partial charge in [0.05, 0.1) is 5.56 Å². The molecule has 1 fully saturated rings. The Morgan fingerprint density at radius 2 is 1.67 bits per heavy atom. The van der Waals surface area contributed by atoms with Crippen LogP contribution in [0.4, 0.5) is 13.2 Å². The van der Waals surface area contributed by atoms with Gasteiger partial charge in [-0.25, -0.2) is 13.2 Å². The zero-order chi connectivity index (χ0) is 21.3. The number of nitriles is 1. The van der Waals surface area contributed by atoms with Gasteiger partial charge in [0.2, 0.25) is 0 Å². The molecule has 0 radical (unpaired) electrons. The summed E-state index contributed by atoms with van der Waals surface area (Å²) in [6, 6.07) is 8.12. The fourth-order valence-electron chi connectivity index (χ4n) is 5.56. The number of fused-ring (bicyclic) bond motifs is 1. The molecular weight excluding hydrogens is 383 g/mol. The first kappa shape index (κ1) is 21.0. The van der Waals surface area contributed by atoms with Gasteiger partial charge in [0.1, 0.15) is 23.5 Å². The van der Waals surface area contributed by atoms with E-state index in [9.17, 15) is 4.39 Å². The minimum Gasteiger partial charge on any atom is -0.207 e. The van der Waals surface area contributed by atoms with Crippen molar-refractivity contribution < 1.29 is 13.2 Å². The predicted octanol–water partition coefficient (Wildman–Crippen LogP) is 7.32. The fraction of sp³-hybridized carbons (Fsp3) is 0.500. The fourth-order valence-corrected chi connectivity index (χ4v) is 5.56. The molecule has 0 spiro atoms. The molecule has 1 nitrogen and oxygen atoms in total. The van der Waals surface area contributed by atoms with E-state index in [0.29, 0.717) is 24.8 Å². The summed E-state index contributed by atoms with van der Waals surface area (Å²) < 4.78 is 44.5. The van der Waals surface area contributed by atoms with Crippen molar-refractivity contribution in [2.75, 3.05) is 0 Å². The highest BCUT2D eigenvalue weighted by molar-refractivity contribution is 5.43. The number of rotatable bonds is 4. The Bertz CT molecular complexity index is 944. The zero-order valence-corrected chi connectivity index (χ0v) is 17.5. The molecule has 4 rings (SSSR count). The highest BCUT2D eigenvalue weighted by Gasteiger charge is 2.29. The van der Waals surface area contributed by atoms with Gasteiger partial charge in [0.25, 0.3) is 0 Å². The SMILES string of the molecule is CCCC1CCC(c2cc(F)c(C3CCc4c(ccc(C#N)c4F)C3)c(F)c2)CC1. The summed E-state index contributed by atoms with van der Waals surface area (Å²) in [6.07, 6.45) is 7.98. The van der Waals surface area contributed by atoms with E-state index in [1.165, 1.54) is 31.0 Å². The van der Waals surface area contributed by atoms with Crippen LogP contribution in [0, 0.1) is 34.7 Å². The highest BCUT2D eigenvalue weighted by atomic mass is 19.1. The Labute approximate surface area is 176 Å². The van der Waals surface area contributed by atoms with Gasteiger partial charge in [-0.05, 0) is 97.6 Å². The molecule has 0 saturated heterocycles. The van der Waals surface area contributed by atoms with E-state index in [1.807, 2.05) is 6.07 Å². The molecule has 2 aliphatic carbocycles. The number of hydrogen-bond acceptors (Lipinski definition) is 1. The molecule has 2 aromatic rings. The van der Waals surface area contributed by atoms with Gasteiger partial charge in [-0.2, -0.15) is 5.26 Å². The second-order valence-electron chi connectivity index (χ2n) is 9.02. The third-order valence-corrected chi connectivity index (χ3v) is 7.19. The maximum absolute atomic E-state index is 15.1. The van der Waals surface area contributed by atoms with Crippen molar-refractivity contribution in [2.24, 2.45) is 5.92 Å². The van der Waals surface area contributed by atoms with E-state index < -0.39 is 17.5 Å². The highest BCUT2D eigenvalue weighted by Crippen LogP contribution is 2.41. The Balaban J connectivity index is 1.54. The molecule has 0 aliphatic heterocycles. The molecule has 0 N–H and O–H groups in total. The van der Waals surface area contributed by atoms with Crippen LogP contribution in [0.1, 0.15) is 91.5 Å². The van der Waals surface area contributed by atoms with Gasteiger partial charge in [-0.15, -0.1) is 0 Å². The lowest BCUT2D eigenvalue weighted by Crippen LogP contribution is -2.18. The van der Waals surface area contributed by atoms with Crippen molar-refractivity contribution in [3.63, 3.8) is 0 Å². The molecule has 1 atom stereocenters. The van der Waals surface area contributed by atoms with Gasteiger partial charge in [-0.3, -0.25) is 0 Å². The molecule has 1 saturated carbocycles. The average molecular weight is 412 g/mol. The van der Waals surface area contributed by atoms with E-state index in [2.05, 4.69) is 6.92 Å². The lowest BCUT2D eigenvalue weighted by Gasteiger charge is -2.30. The van der Waals surface area contributed by atoms with Crippen molar-refractivity contribution in [1.82, 2.24) is 0 Å². The predicted molar refractivity (Wildman–Crippen MR) is 112 cm³/mol. The molecule has 1 unspecified atom stereocenters. The van der Waals surface area contributed by atoms with Crippen LogP contribution >= 0.6 is 0 Å². The Hall–Kier alpha value is -2.28. The summed E-state index contributed by atoms with van der Waals surface area (Å²) >= 11 is 0. The van der Waals surface area contributed by atoms with Crippen LogP contribution in [-0.4, -0.2) is 0 Å². The second kappa shape index (κ2) is 8.84. The van der Waals surface area contributed by atoms with Crippen molar-refractivity contribution in [3.05, 3.63) is 69.5 Å². The third kappa shape index (κ3) is 4.00. The molecule has 0 amide bonds. The second-order valence-corrected chi connectivity index (χ2v) is 9.02. The minimum absolute atomic E-state index is 0.0302. The molecular formula is C26H28F3N. The monoisotopic (exact) mass is 411 g/mol. The van der Waals surface area contributed by atoms with Crippen LogP contribution in [0.15, 0.2) is 24.3 Å². The quantitative estimate of drug-likeness (QED) is 0.517. The number of halogens is 3. The summed E-state index contributed by atoms with van der Waals surface area (Å²) in [7, 11) is 0. The van der Waals surface area contributed by atoms with Crippen molar-refractivity contribution >= 4 is 0 Å². The summed E-state index contributed by atoms with van der Waals surface area (Å²) in [5.41, 5.74) is 2.22. The molecule has 2 aromatic carbocycles. The zero-order valence-electron chi connectivity index (χ0n) is 17.5. The molecule has 0 aromatic heterocycles. The Morgan fingerprint density at radius 1 is 0.967 bits per heavy atom.